The second-order valence-corrected chi connectivity index (χ2v) is 5.47. The van der Waals surface area contributed by atoms with Gasteiger partial charge in [-0.15, -0.1) is 0 Å². The third-order valence-electron chi connectivity index (χ3n) is 2.26. The Bertz CT molecular complexity index is 204. The summed E-state index contributed by atoms with van der Waals surface area (Å²) in [6.07, 6.45) is 2.46. The molecule has 1 aliphatic carbocycles. The fourth-order valence-corrected chi connectivity index (χ4v) is 1.45. The van der Waals surface area contributed by atoms with Crippen molar-refractivity contribution in [1.82, 2.24) is 10.2 Å². The van der Waals surface area contributed by atoms with Crippen LogP contribution in [0.1, 0.15) is 33.6 Å². The highest BCUT2D eigenvalue weighted by molar-refractivity contribution is 5.78. The summed E-state index contributed by atoms with van der Waals surface area (Å²) < 4.78 is 0. The van der Waals surface area contributed by atoms with Crippen LogP contribution in [0.25, 0.3) is 0 Å². The SMILES string of the molecule is CN(CC(C)(C)C)C(=O)CNC1CC1. The molecule has 82 valence electrons. The summed E-state index contributed by atoms with van der Waals surface area (Å²) in [4.78, 5) is 13.4. The summed E-state index contributed by atoms with van der Waals surface area (Å²) >= 11 is 0. The van der Waals surface area contributed by atoms with Crippen LogP contribution in [0.5, 0.6) is 0 Å². The molecule has 1 amide bonds. The van der Waals surface area contributed by atoms with Crippen LogP contribution in [0.2, 0.25) is 0 Å². The molecule has 0 heterocycles. The van der Waals surface area contributed by atoms with Crippen LogP contribution in [0.3, 0.4) is 0 Å². The summed E-state index contributed by atoms with van der Waals surface area (Å²) in [5, 5.41) is 3.23. The smallest absolute Gasteiger partial charge is 0.236 e. The topological polar surface area (TPSA) is 32.3 Å². The van der Waals surface area contributed by atoms with Gasteiger partial charge in [0, 0.05) is 19.6 Å². The lowest BCUT2D eigenvalue weighted by Gasteiger charge is -2.26. The molecule has 0 atom stereocenters. The molecule has 3 heteroatoms. The van der Waals surface area contributed by atoms with Crippen LogP contribution in [0, 0.1) is 5.41 Å². The summed E-state index contributed by atoms with van der Waals surface area (Å²) in [6, 6.07) is 0.613. The van der Waals surface area contributed by atoms with Crippen LogP contribution in [-0.2, 0) is 4.79 Å². The van der Waals surface area contributed by atoms with Crippen molar-refractivity contribution in [2.45, 2.75) is 39.7 Å². The van der Waals surface area contributed by atoms with Gasteiger partial charge in [-0.25, -0.2) is 0 Å². The van der Waals surface area contributed by atoms with Gasteiger partial charge in [-0.2, -0.15) is 0 Å². The van der Waals surface area contributed by atoms with E-state index >= 15 is 0 Å². The minimum absolute atomic E-state index is 0.185. The summed E-state index contributed by atoms with van der Waals surface area (Å²) in [5.41, 5.74) is 0.185. The van der Waals surface area contributed by atoms with Crippen LogP contribution in [0.4, 0.5) is 0 Å². The van der Waals surface area contributed by atoms with Crippen LogP contribution in [-0.4, -0.2) is 37.0 Å². The number of hydrogen-bond acceptors (Lipinski definition) is 2. The van der Waals surface area contributed by atoms with E-state index in [1.54, 1.807) is 0 Å². The molecule has 1 saturated carbocycles. The molecule has 1 N–H and O–H groups in total. The standard InChI is InChI=1S/C11H22N2O/c1-11(2,3)8-13(4)10(14)7-12-9-5-6-9/h9,12H,5-8H2,1-4H3. The van der Waals surface area contributed by atoms with E-state index in [1.807, 2.05) is 11.9 Å². The van der Waals surface area contributed by atoms with E-state index in [0.717, 1.165) is 6.54 Å². The molecule has 0 unspecified atom stereocenters. The molecule has 0 bridgehead atoms. The second kappa shape index (κ2) is 4.30. The normalized spacial score (nSPS) is 16.9. The van der Waals surface area contributed by atoms with Gasteiger partial charge in [0.15, 0.2) is 0 Å². The monoisotopic (exact) mass is 198 g/mol. The first-order chi connectivity index (χ1) is 6.38. The number of nitrogens with one attached hydrogen (secondary N) is 1. The highest BCUT2D eigenvalue weighted by atomic mass is 16.2. The number of rotatable bonds is 4. The van der Waals surface area contributed by atoms with Gasteiger partial charge in [0.2, 0.25) is 5.91 Å². The van der Waals surface area contributed by atoms with Crippen molar-refractivity contribution in [3.8, 4) is 0 Å². The van der Waals surface area contributed by atoms with E-state index < -0.39 is 0 Å². The minimum atomic E-state index is 0.185. The lowest BCUT2D eigenvalue weighted by atomic mass is 9.96. The van der Waals surface area contributed by atoms with Crippen molar-refractivity contribution in [1.29, 1.82) is 0 Å². The number of carbonyl (C=O) groups excluding carboxylic acids is 1. The van der Waals surface area contributed by atoms with Gasteiger partial charge < -0.3 is 10.2 Å². The van der Waals surface area contributed by atoms with E-state index in [-0.39, 0.29) is 11.3 Å². The van der Waals surface area contributed by atoms with E-state index in [4.69, 9.17) is 0 Å². The fourth-order valence-electron chi connectivity index (χ4n) is 1.45. The van der Waals surface area contributed by atoms with Crippen molar-refractivity contribution in [2.24, 2.45) is 5.41 Å². The Kier molecular flexibility index (Phi) is 3.53. The fraction of sp³-hybridized carbons (Fsp3) is 0.909. The Morgan fingerprint density at radius 2 is 2.00 bits per heavy atom. The van der Waals surface area contributed by atoms with Gasteiger partial charge in [0.1, 0.15) is 0 Å². The largest absolute Gasteiger partial charge is 0.344 e. The van der Waals surface area contributed by atoms with Gasteiger partial charge in [-0.3, -0.25) is 4.79 Å². The highest BCUT2D eigenvalue weighted by Gasteiger charge is 2.23. The van der Waals surface area contributed by atoms with Gasteiger partial charge in [0.05, 0.1) is 6.54 Å². The minimum Gasteiger partial charge on any atom is -0.344 e. The van der Waals surface area contributed by atoms with Gasteiger partial charge in [0.25, 0.3) is 0 Å². The quantitative estimate of drug-likeness (QED) is 0.737. The summed E-state index contributed by atoms with van der Waals surface area (Å²) in [5.74, 6) is 0.201. The molecule has 0 aromatic heterocycles. The average molecular weight is 198 g/mol. The van der Waals surface area contributed by atoms with E-state index in [9.17, 15) is 4.79 Å². The molecule has 1 fully saturated rings. The molecule has 0 aromatic rings. The molecule has 0 radical (unpaired) electrons. The first kappa shape index (κ1) is 11.5. The Morgan fingerprint density at radius 3 is 2.43 bits per heavy atom. The van der Waals surface area contributed by atoms with E-state index in [1.165, 1.54) is 12.8 Å². The van der Waals surface area contributed by atoms with E-state index in [0.29, 0.717) is 12.6 Å². The third-order valence-corrected chi connectivity index (χ3v) is 2.26. The molecule has 14 heavy (non-hydrogen) atoms. The van der Waals surface area contributed by atoms with Gasteiger partial charge in [-0.1, -0.05) is 20.8 Å². The zero-order valence-electron chi connectivity index (χ0n) is 9.76. The Balaban J connectivity index is 2.20. The lowest BCUT2D eigenvalue weighted by Crippen LogP contribution is -2.40. The van der Waals surface area contributed by atoms with Crippen molar-refractivity contribution in [2.75, 3.05) is 20.1 Å². The first-order valence-electron chi connectivity index (χ1n) is 5.36. The molecule has 0 saturated heterocycles. The third kappa shape index (κ3) is 4.61. The summed E-state index contributed by atoms with van der Waals surface area (Å²) in [6.45, 7) is 7.75. The van der Waals surface area contributed by atoms with Crippen LogP contribution in [0.15, 0.2) is 0 Å². The second-order valence-electron chi connectivity index (χ2n) is 5.47. The molecule has 0 aliphatic heterocycles. The molecule has 0 spiro atoms. The Morgan fingerprint density at radius 1 is 1.43 bits per heavy atom. The number of likely N-dealkylation sites (N-methyl/N-ethyl adjacent to an activating group) is 1. The number of carbonyl (C=O) groups is 1. The first-order valence-corrected chi connectivity index (χ1v) is 5.36. The zero-order valence-corrected chi connectivity index (χ0v) is 9.76. The van der Waals surface area contributed by atoms with Crippen LogP contribution >= 0.6 is 0 Å². The van der Waals surface area contributed by atoms with Crippen LogP contribution < -0.4 is 5.32 Å². The molecule has 0 aromatic carbocycles. The van der Waals surface area contributed by atoms with E-state index in [2.05, 4.69) is 26.1 Å². The predicted molar refractivity (Wildman–Crippen MR) is 58.1 cm³/mol. The van der Waals surface area contributed by atoms with Crippen molar-refractivity contribution >= 4 is 5.91 Å². The average Bonchev–Trinajstić information content (AvgIpc) is 2.79. The molecule has 1 rings (SSSR count). The van der Waals surface area contributed by atoms with Crippen molar-refractivity contribution in [3.05, 3.63) is 0 Å². The maximum absolute atomic E-state index is 11.6. The highest BCUT2D eigenvalue weighted by Crippen LogP contribution is 2.18. The van der Waals surface area contributed by atoms with Gasteiger partial charge in [-0.05, 0) is 18.3 Å². The molecule has 1 aliphatic rings. The van der Waals surface area contributed by atoms with Gasteiger partial charge >= 0.3 is 0 Å². The predicted octanol–water partition coefficient (Wildman–Crippen LogP) is 1.24. The summed E-state index contributed by atoms with van der Waals surface area (Å²) in [7, 11) is 1.88. The lowest BCUT2D eigenvalue weighted by molar-refractivity contribution is -0.130. The number of nitrogens with zero attached hydrogens (tertiary/aromatic N) is 1. The Labute approximate surface area is 86.9 Å². The molecule has 3 nitrogen and oxygen atoms in total. The van der Waals surface area contributed by atoms with Crippen molar-refractivity contribution < 1.29 is 4.79 Å². The maximum Gasteiger partial charge on any atom is 0.236 e. The maximum atomic E-state index is 11.6. The number of amides is 1. The number of hydrogen-bond donors (Lipinski definition) is 1. The Hall–Kier alpha value is -0.570. The zero-order chi connectivity index (χ0) is 10.8. The van der Waals surface area contributed by atoms with Crippen molar-refractivity contribution in [3.63, 3.8) is 0 Å². The molecular formula is C11H22N2O. The molecular weight excluding hydrogens is 176 g/mol.